The fourth-order valence-electron chi connectivity index (χ4n) is 0.612. The summed E-state index contributed by atoms with van der Waals surface area (Å²) in [5.74, 6) is 0.903. The van der Waals surface area contributed by atoms with E-state index in [4.69, 9.17) is 40.8 Å². The Balaban J connectivity index is -0.00000000707. The molecule has 0 unspecified atom stereocenters. The molecule has 0 radical (unpaired) electrons. The van der Waals surface area contributed by atoms with Crippen LogP contribution in [0.4, 0.5) is 0 Å². The van der Waals surface area contributed by atoms with Gasteiger partial charge in [-0.05, 0) is 5.92 Å². The quantitative estimate of drug-likeness (QED) is 0.269. The third kappa shape index (κ3) is 5160. The van der Waals surface area contributed by atoms with E-state index in [0.29, 0.717) is 0 Å². The molecule has 0 aromatic heterocycles. The third-order valence-corrected chi connectivity index (χ3v) is 1.14. The summed E-state index contributed by atoms with van der Waals surface area (Å²) in [5.41, 5.74) is 0. The van der Waals surface area contributed by atoms with E-state index < -0.39 is 0 Å². The number of hydrogen-bond acceptors (Lipinski definition) is 8. The van der Waals surface area contributed by atoms with Crippen LogP contribution in [0, 0.1) is 27.6 Å². The van der Waals surface area contributed by atoms with Crippen molar-refractivity contribution in [3.8, 4) is 0 Å². The number of rotatable bonds is 3. The Kier molecular flexibility index (Phi) is 990. The fourth-order valence-corrected chi connectivity index (χ4v) is 0.612. The van der Waals surface area contributed by atoms with E-state index in [1.807, 2.05) is 0 Å². The SMILES string of the molecule is C.C.C.C.C.C.C.C.C.CCCCC(C)C.N=C=O.N=C=O.N=C=O.N=C=O. The zero-order valence-electron chi connectivity index (χ0n) is 11.3. The van der Waals surface area contributed by atoms with Crippen LogP contribution in [0.3, 0.4) is 0 Å². The Morgan fingerprint density at radius 1 is 0.571 bits per heavy atom. The van der Waals surface area contributed by atoms with Crippen LogP contribution in [0.1, 0.15) is 107 Å². The Bertz CT molecular complexity index is 237. The molecule has 0 atom stereocenters. The maximum Gasteiger partial charge on any atom is 0.231 e. The van der Waals surface area contributed by atoms with E-state index in [1.165, 1.54) is 19.3 Å². The van der Waals surface area contributed by atoms with Crippen LogP contribution in [0.25, 0.3) is 0 Å². The summed E-state index contributed by atoms with van der Waals surface area (Å²) in [7, 11) is 0. The molecule has 0 saturated heterocycles. The van der Waals surface area contributed by atoms with Crippen LogP contribution in [0.15, 0.2) is 0 Å². The van der Waals surface area contributed by atoms with Crippen molar-refractivity contribution in [1.82, 2.24) is 0 Å². The average molecular weight is 417 g/mol. The van der Waals surface area contributed by atoms with Crippen molar-refractivity contribution < 1.29 is 19.2 Å². The van der Waals surface area contributed by atoms with Gasteiger partial charge in [-0.15, -0.1) is 0 Å². The molecule has 0 aliphatic heterocycles. The maximum absolute atomic E-state index is 8.35. The lowest BCUT2D eigenvalue weighted by atomic mass is 10.1. The van der Waals surface area contributed by atoms with Gasteiger partial charge in [-0.25, -0.2) is 40.8 Å². The molecule has 8 nitrogen and oxygen atoms in total. The smallest absolute Gasteiger partial charge is 0.222 e. The second-order valence-electron chi connectivity index (χ2n) is 2.94. The van der Waals surface area contributed by atoms with Crippen LogP contribution < -0.4 is 0 Å². The van der Waals surface area contributed by atoms with Gasteiger partial charge in [-0.3, -0.25) is 0 Å². The molecule has 180 valence electrons. The zero-order chi connectivity index (χ0) is 16.5. The Morgan fingerprint density at radius 2 is 0.714 bits per heavy atom. The van der Waals surface area contributed by atoms with Crippen molar-refractivity contribution in [3.63, 3.8) is 0 Å². The summed E-state index contributed by atoms with van der Waals surface area (Å²) in [4.78, 5) is 33.4. The maximum atomic E-state index is 8.35. The van der Waals surface area contributed by atoms with Gasteiger partial charge in [0, 0.05) is 0 Å². The Hall–Kier alpha value is -2.48. The molecule has 0 rings (SSSR count). The molecular formula is C20H56N4O4. The van der Waals surface area contributed by atoms with E-state index in [-0.39, 0.29) is 66.8 Å². The van der Waals surface area contributed by atoms with Crippen LogP contribution in [0.5, 0.6) is 0 Å². The molecule has 0 aromatic carbocycles. The number of hydrogen-bond donors (Lipinski definition) is 4. The van der Waals surface area contributed by atoms with Gasteiger partial charge in [0.05, 0.1) is 0 Å². The van der Waals surface area contributed by atoms with E-state index in [1.54, 1.807) is 0 Å². The van der Waals surface area contributed by atoms with Crippen molar-refractivity contribution in [1.29, 1.82) is 21.6 Å². The van der Waals surface area contributed by atoms with Gasteiger partial charge < -0.3 is 0 Å². The molecule has 0 aliphatic carbocycles. The highest BCUT2D eigenvalue weighted by atomic mass is 16.1. The van der Waals surface area contributed by atoms with Gasteiger partial charge in [-0.2, -0.15) is 0 Å². The molecular weight excluding hydrogens is 360 g/mol. The topological polar surface area (TPSA) is 164 Å². The zero-order valence-corrected chi connectivity index (χ0v) is 11.3. The molecule has 0 heterocycles. The van der Waals surface area contributed by atoms with Gasteiger partial charge in [0.2, 0.25) is 24.3 Å². The van der Waals surface area contributed by atoms with E-state index in [0.717, 1.165) is 30.2 Å². The minimum Gasteiger partial charge on any atom is -0.222 e. The normalized spacial score (nSPS) is 3.71. The number of isocyanates is 4. The highest BCUT2D eigenvalue weighted by Crippen LogP contribution is 2.04. The lowest BCUT2D eigenvalue weighted by Crippen LogP contribution is -1.83. The highest BCUT2D eigenvalue weighted by Gasteiger charge is 1.88. The first-order chi connectivity index (χ1) is 8.93. The minimum absolute atomic E-state index is 0. The first kappa shape index (κ1) is 116. The molecule has 0 saturated carbocycles. The molecule has 0 amide bonds. The lowest BCUT2D eigenvalue weighted by Gasteiger charge is -1.98. The minimum atomic E-state index is 0. The van der Waals surface area contributed by atoms with Crippen molar-refractivity contribution in [2.24, 2.45) is 5.92 Å². The van der Waals surface area contributed by atoms with E-state index in [9.17, 15) is 0 Å². The third-order valence-electron chi connectivity index (χ3n) is 1.14. The molecule has 4 N–H and O–H groups in total. The van der Waals surface area contributed by atoms with Gasteiger partial charge in [0.1, 0.15) is 0 Å². The van der Waals surface area contributed by atoms with Crippen molar-refractivity contribution in [3.05, 3.63) is 0 Å². The second kappa shape index (κ2) is 240. The van der Waals surface area contributed by atoms with Gasteiger partial charge >= 0.3 is 0 Å². The Morgan fingerprint density at radius 3 is 0.750 bits per heavy atom. The first-order valence-corrected chi connectivity index (χ1v) is 5.09. The van der Waals surface area contributed by atoms with E-state index >= 15 is 0 Å². The Labute approximate surface area is 178 Å². The van der Waals surface area contributed by atoms with Crippen LogP contribution in [-0.2, 0) is 19.2 Å². The summed E-state index contributed by atoms with van der Waals surface area (Å²) in [6, 6.07) is 0. The number of unbranched alkanes of at least 4 members (excludes halogenated alkanes) is 1. The van der Waals surface area contributed by atoms with Gasteiger partial charge in [-0.1, -0.05) is 107 Å². The van der Waals surface area contributed by atoms with Crippen molar-refractivity contribution >= 4 is 24.3 Å². The summed E-state index contributed by atoms with van der Waals surface area (Å²) < 4.78 is 0. The predicted octanol–water partition coefficient (Wildman–Crippen LogP) is 8.16. The molecule has 0 bridgehead atoms. The summed E-state index contributed by atoms with van der Waals surface area (Å²) in [5, 5.41) is 21.6. The highest BCUT2D eigenvalue weighted by molar-refractivity contribution is 5.26. The molecule has 0 aromatic rings. The van der Waals surface area contributed by atoms with Crippen LogP contribution in [0.2, 0.25) is 0 Å². The molecule has 0 fully saturated rings. The number of nitrogens with one attached hydrogen (secondary N) is 4. The first-order valence-electron chi connectivity index (χ1n) is 5.09. The molecule has 8 heteroatoms. The summed E-state index contributed by atoms with van der Waals surface area (Å²) >= 11 is 0. The van der Waals surface area contributed by atoms with Crippen molar-refractivity contribution in [2.75, 3.05) is 0 Å². The number of carbonyl (C=O) groups excluding carboxylic acids is 4. The molecule has 0 aliphatic rings. The fraction of sp³-hybridized carbons (Fsp3) is 0.800. The van der Waals surface area contributed by atoms with E-state index in [2.05, 4.69) is 20.8 Å². The lowest BCUT2D eigenvalue weighted by molar-refractivity contribution is 0.550. The second-order valence-corrected chi connectivity index (χ2v) is 2.94. The van der Waals surface area contributed by atoms with Crippen LogP contribution in [-0.4, -0.2) is 24.3 Å². The van der Waals surface area contributed by atoms with Crippen LogP contribution >= 0.6 is 0 Å². The standard InChI is InChI=1S/C7H16.4CHNO.9CH4/c1-4-5-6-7(2)3;4*2-1-3;;;;;;;;;/h7H,4-6H2,1-3H3;4*2H;9*1H4. The van der Waals surface area contributed by atoms with Gasteiger partial charge in [0.15, 0.2) is 0 Å². The monoisotopic (exact) mass is 416 g/mol. The molecule has 0 spiro atoms. The molecule has 28 heavy (non-hydrogen) atoms. The predicted molar refractivity (Wildman–Crippen MR) is 129 cm³/mol. The summed E-state index contributed by atoms with van der Waals surface area (Å²) in [6.07, 6.45) is 7.15. The van der Waals surface area contributed by atoms with Crippen molar-refractivity contribution in [2.45, 2.75) is 107 Å². The largest absolute Gasteiger partial charge is 0.231 e. The summed E-state index contributed by atoms with van der Waals surface area (Å²) in [6.45, 7) is 6.79. The van der Waals surface area contributed by atoms with Gasteiger partial charge in [0.25, 0.3) is 0 Å². The average Bonchev–Trinajstić information content (AvgIpc) is 2.30.